The second kappa shape index (κ2) is 5.35. The molecule has 110 valence electrons. The third-order valence-electron chi connectivity index (χ3n) is 4.08. The average molecular weight is 283 g/mol. The fourth-order valence-corrected chi connectivity index (χ4v) is 2.68. The highest BCUT2D eigenvalue weighted by Crippen LogP contribution is 2.38. The van der Waals surface area contributed by atoms with Gasteiger partial charge < -0.3 is 5.32 Å². The number of aryl methyl sites for hydroxylation is 2. The van der Waals surface area contributed by atoms with Gasteiger partial charge in [-0.2, -0.15) is 5.10 Å². The second-order valence-electron chi connectivity index (χ2n) is 6.09. The van der Waals surface area contributed by atoms with E-state index < -0.39 is 0 Å². The van der Waals surface area contributed by atoms with E-state index in [4.69, 9.17) is 0 Å². The Morgan fingerprint density at radius 2 is 2.14 bits per heavy atom. The number of rotatable bonds is 4. The van der Waals surface area contributed by atoms with E-state index in [0.29, 0.717) is 5.92 Å². The first kappa shape index (κ1) is 13.9. The molecule has 2 aromatic rings. The number of hydrogen-bond acceptors (Lipinski definition) is 2. The summed E-state index contributed by atoms with van der Waals surface area (Å²) in [6.45, 7) is 6.89. The van der Waals surface area contributed by atoms with Gasteiger partial charge in [-0.15, -0.1) is 0 Å². The lowest BCUT2D eigenvalue weighted by Crippen LogP contribution is -2.14. The molecule has 1 amide bonds. The van der Waals surface area contributed by atoms with E-state index in [0.717, 1.165) is 35.6 Å². The van der Waals surface area contributed by atoms with Crippen molar-refractivity contribution in [2.45, 2.75) is 33.7 Å². The molecule has 1 saturated carbocycles. The molecule has 0 aliphatic heterocycles. The van der Waals surface area contributed by atoms with Gasteiger partial charge in [0.15, 0.2) is 0 Å². The maximum absolute atomic E-state index is 12.0. The van der Waals surface area contributed by atoms with Crippen LogP contribution in [0.3, 0.4) is 0 Å². The number of hydrogen-bond donors (Lipinski definition) is 1. The molecular formula is C17H21N3O. The molecule has 3 rings (SSSR count). The number of nitrogens with one attached hydrogen (secondary N) is 1. The van der Waals surface area contributed by atoms with E-state index in [1.54, 1.807) is 0 Å². The van der Waals surface area contributed by atoms with E-state index >= 15 is 0 Å². The molecular weight excluding hydrogens is 262 g/mol. The summed E-state index contributed by atoms with van der Waals surface area (Å²) in [5.41, 5.74) is 4.19. The quantitative estimate of drug-likeness (QED) is 0.937. The molecule has 0 saturated heterocycles. The molecule has 2 atom stereocenters. The van der Waals surface area contributed by atoms with Crippen LogP contribution < -0.4 is 5.32 Å². The molecule has 4 heteroatoms. The Bertz CT molecular complexity index is 674. The Labute approximate surface area is 125 Å². The van der Waals surface area contributed by atoms with E-state index in [1.165, 1.54) is 0 Å². The van der Waals surface area contributed by atoms with Crippen LogP contribution in [0.15, 0.2) is 30.3 Å². The fraction of sp³-hybridized carbons (Fsp3) is 0.412. The smallest absolute Gasteiger partial charge is 0.227 e. The summed E-state index contributed by atoms with van der Waals surface area (Å²) in [5, 5.41) is 7.49. The Morgan fingerprint density at radius 3 is 2.76 bits per heavy atom. The van der Waals surface area contributed by atoms with E-state index in [2.05, 4.69) is 36.4 Å². The van der Waals surface area contributed by atoms with Crippen LogP contribution in [0.5, 0.6) is 0 Å². The molecule has 1 fully saturated rings. The van der Waals surface area contributed by atoms with Gasteiger partial charge in [0.25, 0.3) is 0 Å². The lowest BCUT2D eigenvalue weighted by atomic mass is 10.2. The van der Waals surface area contributed by atoms with Gasteiger partial charge in [-0.3, -0.25) is 9.48 Å². The van der Waals surface area contributed by atoms with E-state index in [-0.39, 0.29) is 11.8 Å². The van der Waals surface area contributed by atoms with Crippen LogP contribution in [0.1, 0.15) is 30.3 Å². The van der Waals surface area contributed by atoms with Crippen molar-refractivity contribution < 1.29 is 4.79 Å². The first-order valence-corrected chi connectivity index (χ1v) is 7.44. The second-order valence-corrected chi connectivity index (χ2v) is 6.09. The third-order valence-corrected chi connectivity index (χ3v) is 4.08. The van der Waals surface area contributed by atoms with E-state index in [9.17, 15) is 4.79 Å². The van der Waals surface area contributed by atoms with Crippen LogP contribution in [-0.4, -0.2) is 15.7 Å². The van der Waals surface area contributed by atoms with Crippen molar-refractivity contribution in [3.05, 3.63) is 47.3 Å². The number of benzene rings is 1. The van der Waals surface area contributed by atoms with Crippen LogP contribution in [-0.2, 0) is 11.3 Å². The number of amides is 1. The largest absolute Gasteiger partial charge is 0.326 e. The first-order valence-electron chi connectivity index (χ1n) is 7.44. The van der Waals surface area contributed by atoms with Crippen molar-refractivity contribution in [3.63, 3.8) is 0 Å². The van der Waals surface area contributed by atoms with Gasteiger partial charge in [0.1, 0.15) is 0 Å². The Balaban J connectivity index is 1.71. The number of nitrogens with zero attached hydrogens (tertiary/aromatic N) is 2. The van der Waals surface area contributed by atoms with Crippen LogP contribution in [0.2, 0.25) is 0 Å². The summed E-state index contributed by atoms with van der Waals surface area (Å²) in [4.78, 5) is 12.0. The molecule has 0 radical (unpaired) electrons. The van der Waals surface area contributed by atoms with Gasteiger partial charge in [-0.1, -0.05) is 19.1 Å². The zero-order valence-corrected chi connectivity index (χ0v) is 12.8. The Kier molecular flexibility index (Phi) is 3.53. The molecule has 21 heavy (non-hydrogen) atoms. The predicted octanol–water partition coefficient (Wildman–Crippen LogP) is 3.14. The monoisotopic (exact) mass is 283 g/mol. The molecule has 1 aliphatic carbocycles. The van der Waals surface area contributed by atoms with Crippen molar-refractivity contribution in [1.29, 1.82) is 0 Å². The summed E-state index contributed by atoms with van der Waals surface area (Å²) in [6.07, 6.45) is 1.01. The summed E-state index contributed by atoms with van der Waals surface area (Å²) in [5.74, 6) is 0.873. The highest BCUT2D eigenvalue weighted by atomic mass is 16.2. The lowest BCUT2D eigenvalue weighted by molar-refractivity contribution is -0.117. The Morgan fingerprint density at radius 1 is 1.38 bits per heavy atom. The summed E-state index contributed by atoms with van der Waals surface area (Å²) in [6, 6.07) is 10.1. The summed E-state index contributed by atoms with van der Waals surface area (Å²) >= 11 is 0. The minimum atomic E-state index is 0.144. The first-order chi connectivity index (χ1) is 10.0. The predicted molar refractivity (Wildman–Crippen MR) is 83.1 cm³/mol. The third kappa shape index (κ3) is 3.15. The van der Waals surface area contributed by atoms with Crippen LogP contribution in [0.4, 0.5) is 5.69 Å². The molecule has 1 heterocycles. The standard InChI is InChI=1S/C17H21N3O/c1-11-7-16(11)17(21)18-15-6-4-5-14(9-15)10-20-13(3)8-12(2)19-20/h4-6,8-9,11,16H,7,10H2,1-3H3,(H,18,21). The maximum atomic E-state index is 12.0. The van der Waals surface area contributed by atoms with E-state index in [1.807, 2.05) is 29.8 Å². The maximum Gasteiger partial charge on any atom is 0.227 e. The van der Waals surface area contributed by atoms with Gasteiger partial charge in [-0.25, -0.2) is 0 Å². The van der Waals surface area contributed by atoms with Gasteiger partial charge >= 0.3 is 0 Å². The van der Waals surface area contributed by atoms with Gasteiger partial charge in [-0.05, 0) is 49.9 Å². The number of aromatic nitrogens is 2. The fourth-order valence-electron chi connectivity index (χ4n) is 2.68. The molecule has 1 N–H and O–H groups in total. The molecule has 4 nitrogen and oxygen atoms in total. The number of anilines is 1. The average Bonchev–Trinajstić information content (AvgIpc) is 3.07. The number of carbonyl (C=O) groups is 1. The topological polar surface area (TPSA) is 46.9 Å². The summed E-state index contributed by atoms with van der Waals surface area (Å²) in [7, 11) is 0. The molecule has 0 spiro atoms. The van der Waals surface area contributed by atoms with Gasteiger partial charge in [0.05, 0.1) is 12.2 Å². The lowest BCUT2D eigenvalue weighted by Gasteiger charge is -2.08. The molecule has 2 unspecified atom stereocenters. The highest BCUT2D eigenvalue weighted by Gasteiger charge is 2.39. The van der Waals surface area contributed by atoms with Crippen LogP contribution in [0, 0.1) is 25.7 Å². The minimum Gasteiger partial charge on any atom is -0.326 e. The van der Waals surface area contributed by atoms with Gasteiger partial charge in [0.2, 0.25) is 5.91 Å². The van der Waals surface area contributed by atoms with Crippen molar-refractivity contribution in [2.75, 3.05) is 5.32 Å². The van der Waals surface area contributed by atoms with Crippen molar-refractivity contribution >= 4 is 11.6 Å². The van der Waals surface area contributed by atoms with Crippen molar-refractivity contribution in [2.24, 2.45) is 11.8 Å². The summed E-state index contributed by atoms with van der Waals surface area (Å²) < 4.78 is 1.99. The normalized spacial score (nSPS) is 20.3. The highest BCUT2D eigenvalue weighted by molar-refractivity contribution is 5.94. The van der Waals surface area contributed by atoms with Gasteiger partial charge in [0, 0.05) is 17.3 Å². The van der Waals surface area contributed by atoms with Crippen molar-refractivity contribution in [3.8, 4) is 0 Å². The SMILES string of the molecule is Cc1cc(C)n(Cc2cccc(NC(=O)C3CC3C)c2)n1. The molecule has 1 aromatic heterocycles. The molecule has 1 aromatic carbocycles. The Hall–Kier alpha value is -2.10. The minimum absolute atomic E-state index is 0.144. The van der Waals surface area contributed by atoms with Crippen LogP contribution in [0.25, 0.3) is 0 Å². The van der Waals surface area contributed by atoms with Crippen LogP contribution >= 0.6 is 0 Å². The zero-order chi connectivity index (χ0) is 15.0. The molecule has 0 bridgehead atoms. The number of carbonyl (C=O) groups excluding carboxylic acids is 1. The zero-order valence-electron chi connectivity index (χ0n) is 12.8. The van der Waals surface area contributed by atoms with Crippen molar-refractivity contribution in [1.82, 2.24) is 9.78 Å². The molecule has 1 aliphatic rings.